The molecule has 1 N–H and O–H groups in total. The van der Waals surface area contributed by atoms with Crippen LogP contribution in [0.25, 0.3) is 0 Å². The second-order valence-corrected chi connectivity index (χ2v) is 8.39. The molecule has 0 atom stereocenters. The molecule has 0 unspecified atom stereocenters. The number of carbonyl (C=O) groups is 1. The molecule has 1 amide bonds. The van der Waals surface area contributed by atoms with E-state index in [9.17, 15) is 13.2 Å². The van der Waals surface area contributed by atoms with Crippen molar-refractivity contribution >= 4 is 27.3 Å². The Morgan fingerprint density at radius 3 is 2.00 bits per heavy atom. The maximum atomic E-state index is 13.0. The number of nitrogens with zero attached hydrogens (tertiary/aromatic N) is 1. The number of aryl methyl sites for hydroxylation is 2. The van der Waals surface area contributed by atoms with E-state index in [4.69, 9.17) is 9.47 Å². The van der Waals surface area contributed by atoms with Gasteiger partial charge in [0.05, 0.1) is 31.7 Å². The van der Waals surface area contributed by atoms with Gasteiger partial charge in [0.15, 0.2) is 11.5 Å². The fraction of sp³-hybridized carbons (Fsp3) is 0.350. The zero-order valence-corrected chi connectivity index (χ0v) is 17.8. The molecule has 0 aliphatic heterocycles. The summed E-state index contributed by atoms with van der Waals surface area (Å²) in [5.74, 6) is 0.229. The van der Waals surface area contributed by atoms with Crippen LogP contribution < -0.4 is 19.1 Å². The minimum atomic E-state index is -3.60. The third-order valence-corrected chi connectivity index (χ3v) is 5.44. The van der Waals surface area contributed by atoms with Crippen LogP contribution in [0.1, 0.15) is 28.4 Å². The molecule has 0 spiro atoms. The Morgan fingerprint density at radius 2 is 1.54 bits per heavy atom. The van der Waals surface area contributed by atoms with Crippen LogP contribution in [0.3, 0.4) is 0 Å². The largest absolute Gasteiger partial charge is 0.493 e. The number of hydrogen-bond acceptors (Lipinski definition) is 5. The summed E-state index contributed by atoms with van der Waals surface area (Å²) >= 11 is 0. The quantitative estimate of drug-likeness (QED) is 0.762. The Hall–Kier alpha value is -2.74. The molecule has 0 aromatic heterocycles. The first-order chi connectivity index (χ1) is 13.1. The van der Waals surface area contributed by atoms with Gasteiger partial charge < -0.3 is 14.8 Å². The molecular formula is C20H26N2O5S. The Balaban J connectivity index is 2.60. The van der Waals surface area contributed by atoms with Crippen LogP contribution in [0.2, 0.25) is 0 Å². The van der Waals surface area contributed by atoms with Crippen molar-refractivity contribution in [2.24, 2.45) is 0 Å². The van der Waals surface area contributed by atoms with Gasteiger partial charge in [-0.1, -0.05) is 6.07 Å². The van der Waals surface area contributed by atoms with Crippen LogP contribution in [-0.4, -0.2) is 41.3 Å². The van der Waals surface area contributed by atoms with E-state index in [0.717, 1.165) is 21.7 Å². The molecule has 0 aliphatic carbocycles. The molecular weight excluding hydrogens is 380 g/mol. The van der Waals surface area contributed by atoms with Crippen molar-refractivity contribution in [2.75, 3.05) is 36.6 Å². The molecule has 8 heteroatoms. The SMILES string of the molecule is CCN(c1cc(OC)c(OC)cc1C(=O)Nc1cc(C)cc(C)c1)S(C)(=O)=O. The van der Waals surface area contributed by atoms with Crippen molar-refractivity contribution in [3.05, 3.63) is 47.0 Å². The van der Waals surface area contributed by atoms with Gasteiger partial charge in [0.1, 0.15) is 0 Å². The molecule has 0 heterocycles. The molecule has 0 bridgehead atoms. The number of amides is 1. The van der Waals surface area contributed by atoms with E-state index in [1.807, 2.05) is 32.0 Å². The van der Waals surface area contributed by atoms with E-state index in [2.05, 4.69) is 5.32 Å². The average Bonchev–Trinajstić information content (AvgIpc) is 2.59. The highest BCUT2D eigenvalue weighted by atomic mass is 32.2. The first kappa shape index (κ1) is 21.6. The molecule has 0 saturated heterocycles. The third-order valence-electron chi connectivity index (χ3n) is 4.18. The van der Waals surface area contributed by atoms with Crippen molar-refractivity contribution in [3.63, 3.8) is 0 Å². The van der Waals surface area contributed by atoms with Crippen molar-refractivity contribution in [2.45, 2.75) is 20.8 Å². The van der Waals surface area contributed by atoms with Gasteiger partial charge in [0.2, 0.25) is 10.0 Å². The fourth-order valence-electron chi connectivity index (χ4n) is 3.09. The molecule has 2 rings (SSSR count). The lowest BCUT2D eigenvalue weighted by Crippen LogP contribution is -2.31. The van der Waals surface area contributed by atoms with E-state index >= 15 is 0 Å². The van der Waals surface area contributed by atoms with Gasteiger partial charge in [-0.05, 0) is 50.1 Å². The zero-order chi connectivity index (χ0) is 21.1. The lowest BCUT2D eigenvalue weighted by Gasteiger charge is -2.24. The summed E-state index contributed by atoms with van der Waals surface area (Å²) in [5.41, 5.74) is 3.04. The number of anilines is 2. The number of ether oxygens (including phenoxy) is 2. The molecule has 152 valence electrons. The topological polar surface area (TPSA) is 84.9 Å². The Labute approximate surface area is 166 Å². The van der Waals surface area contributed by atoms with Crippen LogP contribution >= 0.6 is 0 Å². The number of rotatable bonds is 7. The Kier molecular flexibility index (Phi) is 6.56. The average molecular weight is 407 g/mol. The number of sulfonamides is 1. The van der Waals surface area contributed by atoms with Gasteiger partial charge in [-0.15, -0.1) is 0 Å². The summed E-state index contributed by atoms with van der Waals surface area (Å²) in [5, 5.41) is 2.84. The first-order valence-electron chi connectivity index (χ1n) is 8.74. The maximum Gasteiger partial charge on any atom is 0.257 e. The number of nitrogens with one attached hydrogen (secondary N) is 1. The van der Waals surface area contributed by atoms with E-state index < -0.39 is 15.9 Å². The van der Waals surface area contributed by atoms with Crippen molar-refractivity contribution < 1.29 is 22.7 Å². The molecule has 0 fully saturated rings. The number of hydrogen-bond donors (Lipinski definition) is 1. The predicted octanol–water partition coefficient (Wildman–Crippen LogP) is 3.36. The smallest absolute Gasteiger partial charge is 0.257 e. The summed E-state index contributed by atoms with van der Waals surface area (Å²) in [7, 11) is -0.690. The highest BCUT2D eigenvalue weighted by molar-refractivity contribution is 7.92. The fourth-order valence-corrected chi connectivity index (χ4v) is 4.06. The lowest BCUT2D eigenvalue weighted by molar-refractivity contribution is 0.102. The lowest BCUT2D eigenvalue weighted by atomic mass is 10.1. The van der Waals surface area contributed by atoms with Crippen LogP contribution in [0.5, 0.6) is 11.5 Å². The van der Waals surface area contributed by atoms with Gasteiger partial charge in [0.25, 0.3) is 5.91 Å². The second-order valence-electron chi connectivity index (χ2n) is 6.48. The molecule has 2 aromatic rings. The van der Waals surface area contributed by atoms with E-state index in [1.165, 1.54) is 26.4 Å². The van der Waals surface area contributed by atoms with Crippen molar-refractivity contribution in [1.82, 2.24) is 0 Å². The number of carbonyl (C=O) groups excluding carboxylic acids is 1. The Morgan fingerprint density at radius 1 is 1.00 bits per heavy atom. The standard InChI is InChI=1S/C20H26N2O5S/c1-7-22(28(6,24)25)17-12-19(27-5)18(26-4)11-16(17)20(23)21-15-9-13(2)8-14(3)10-15/h8-12H,7H2,1-6H3,(H,21,23). The summed E-state index contributed by atoms with van der Waals surface area (Å²) in [6.45, 7) is 5.74. The molecule has 0 radical (unpaired) electrons. The summed E-state index contributed by atoms with van der Waals surface area (Å²) in [4.78, 5) is 13.0. The van der Waals surface area contributed by atoms with Crippen LogP contribution in [0.15, 0.2) is 30.3 Å². The van der Waals surface area contributed by atoms with Crippen molar-refractivity contribution in [1.29, 1.82) is 0 Å². The van der Waals surface area contributed by atoms with Crippen LogP contribution in [0.4, 0.5) is 11.4 Å². The summed E-state index contributed by atoms with van der Waals surface area (Å²) in [6, 6.07) is 8.68. The second kappa shape index (κ2) is 8.52. The monoisotopic (exact) mass is 406 g/mol. The highest BCUT2D eigenvalue weighted by Gasteiger charge is 2.25. The van der Waals surface area contributed by atoms with Gasteiger partial charge in [-0.3, -0.25) is 9.10 Å². The highest BCUT2D eigenvalue weighted by Crippen LogP contribution is 2.36. The van der Waals surface area contributed by atoms with Gasteiger partial charge in [-0.25, -0.2) is 8.42 Å². The summed E-state index contributed by atoms with van der Waals surface area (Å²) < 4.78 is 36.3. The minimum Gasteiger partial charge on any atom is -0.493 e. The predicted molar refractivity (Wildman–Crippen MR) is 111 cm³/mol. The van der Waals surface area contributed by atoms with E-state index in [1.54, 1.807) is 6.92 Å². The number of benzene rings is 2. The normalized spacial score (nSPS) is 11.1. The maximum absolute atomic E-state index is 13.0. The summed E-state index contributed by atoms with van der Waals surface area (Å²) in [6.07, 6.45) is 1.10. The Bertz CT molecular complexity index is 966. The molecule has 28 heavy (non-hydrogen) atoms. The zero-order valence-electron chi connectivity index (χ0n) is 17.0. The van der Waals surface area contributed by atoms with Crippen LogP contribution in [-0.2, 0) is 10.0 Å². The molecule has 2 aromatic carbocycles. The van der Waals surface area contributed by atoms with Crippen LogP contribution in [0, 0.1) is 13.8 Å². The first-order valence-corrected chi connectivity index (χ1v) is 10.6. The van der Waals surface area contributed by atoms with Gasteiger partial charge in [0, 0.05) is 18.3 Å². The third kappa shape index (κ3) is 4.75. The van der Waals surface area contributed by atoms with Gasteiger partial charge >= 0.3 is 0 Å². The van der Waals surface area contributed by atoms with Crippen molar-refractivity contribution in [3.8, 4) is 11.5 Å². The molecule has 0 aliphatic rings. The number of methoxy groups -OCH3 is 2. The van der Waals surface area contributed by atoms with Gasteiger partial charge in [-0.2, -0.15) is 0 Å². The van der Waals surface area contributed by atoms with E-state index in [-0.39, 0.29) is 17.8 Å². The minimum absolute atomic E-state index is 0.165. The van der Waals surface area contributed by atoms with E-state index in [0.29, 0.717) is 17.2 Å². The molecule has 0 saturated carbocycles. The molecule has 7 nitrogen and oxygen atoms in total.